The molecule has 1 aromatic carbocycles. The van der Waals surface area contributed by atoms with Crippen LogP contribution in [-0.4, -0.2) is 43.5 Å². The molecule has 1 N–H and O–H groups in total. The van der Waals surface area contributed by atoms with Gasteiger partial charge in [0.05, 0.1) is 28.7 Å². The predicted octanol–water partition coefficient (Wildman–Crippen LogP) is 5.32. The number of hydrogen-bond donors (Lipinski definition) is 1. The van der Waals surface area contributed by atoms with Crippen LogP contribution in [0.25, 0.3) is 11.0 Å². The molecule has 0 radical (unpaired) electrons. The monoisotopic (exact) mass is 455 g/mol. The number of rotatable bonds is 10. The van der Waals surface area contributed by atoms with Crippen LogP contribution in [0.5, 0.6) is 5.75 Å². The highest BCUT2D eigenvalue weighted by molar-refractivity contribution is 8.00. The molecule has 9 heteroatoms. The van der Waals surface area contributed by atoms with Crippen LogP contribution >= 0.6 is 35.3 Å². The van der Waals surface area contributed by atoms with Gasteiger partial charge in [-0.05, 0) is 36.4 Å². The molecule has 0 aliphatic rings. The van der Waals surface area contributed by atoms with E-state index in [9.17, 15) is 0 Å². The number of hydrogen-bond acceptors (Lipinski definition) is 8. The fourth-order valence-electron chi connectivity index (χ4n) is 2.81. The minimum Gasteiger partial charge on any atom is -0.494 e. The Kier molecular flexibility index (Phi) is 7.49. The molecule has 0 fully saturated rings. The number of para-hydroxylation sites is 2. The highest BCUT2D eigenvalue weighted by atomic mass is 32.2. The summed E-state index contributed by atoms with van der Waals surface area (Å²) in [5.74, 6) is 3.53. The van der Waals surface area contributed by atoms with Gasteiger partial charge in [0.15, 0.2) is 16.1 Å². The summed E-state index contributed by atoms with van der Waals surface area (Å²) in [6.45, 7) is 0. The second-order valence-electron chi connectivity index (χ2n) is 6.22. The molecule has 6 nitrogen and oxygen atoms in total. The second-order valence-corrected chi connectivity index (χ2v) is 9.38. The Morgan fingerprint density at radius 1 is 0.900 bits per heavy atom. The normalized spacial score (nSPS) is 11.1. The van der Waals surface area contributed by atoms with Crippen LogP contribution in [0.3, 0.4) is 0 Å². The number of H-pyrrole nitrogens is 1. The molecule has 0 saturated heterocycles. The van der Waals surface area contributed by atoms with E-state index in [4.69, 9.17) is 4.74 Å². The first-order chi connectivity index (χ1) is 14.8. The minimum atomic E-state index is 0.693. The van der Waals surface area contributed by atoms with Gasteiger partial charge < -0.3 is 9.72 Å². The molecule has 0 aliphatic heterocycles. The van der Waals surface area contributed by atoms with E-state index in [1.54, 1.807) is 54.8 Å². The highest BCUT2D eigenvalue weighted by Gasteiger charge is 2.13. The van der Waals surface area contributed by atoms with E-state index < -0.39 is 0 Å². The van der Waals surface area contributed by atoms with E-state index in [0.29, 0.717) is 5.75 Å². The van der Waals surface area contributed by atoms with Crippen molar-refractivity contribution in [3.05, 3.63) is 60.7 Å². The van der Waals surface area contributed by atoms with Crippen LogP contribution in [0.1, 0.15) is 12.1 Å². The molecule has 0 unspecified atom stereocenters. The molecule has 4 aromatic rings. The summed E-state index contributed by atoms with van der Waals surface area (Å²) in [5.41, 5.74) is 2.95. The van der Waals surface area contributed by atoms with Gasteiger partial charge in [-0.15, -0.1) is 11.8 Å². The third-order valence-electron chi connectivity index (χ3n) is 4.18. The Hall–Kier alpha value is -2.23. The Balaban J connectivity index is 1.32. The van der Waals surface area contributed by atoms with E-state index in [2.05, 4.69) is 24.9 Å². The van der Waals surface area contributed by atoms with Gasteiger partial charge in [0.25, 0.3) is 0 Å². The summed E-state index contributed by atoms with van der Waals surface area (Å²) in [4.78, 5) is 22.1. The molecule has 154 valence electrons. The van der Waals surface area contributed by atoms with Crippen LogP contribution in [0.4, 0.5) is 0 Å². The lowest BCUT2D eigenvalue weighted by Crippen LogP contribution is -1.97. The zero-order valence-electron chi connectivity index (χ0n) is 16.4. The topological polar surface area (TPSA) is 76.6 Å². The molecule has 4 rings (SSSR count). The molecule has 0 aliphatic carbocycles. The molecule has 0 amide bonds. The molecule has 0 spiro atoms. The third-order valence-corrected chi connectivity index (χ3v) is 7.15. The van der Waals surface area contributed by atoms with Crippen molar-refractivity contribution in [1.82, 2.24) is 24.9 Å². The van der Waals surface area contributed by atoms with Crippen LogP contribution in [0.15, 0.2) is 70.2 Å². The zero-order valence-corrected chi connectivity index (χ0v) is 18.9. The number of methoxy groups -OCH3 is 1. The summed E-state index contributed by atoms with van der Waals surface area (Å²) < 4.78 is 5.70. The van der Waals surface area contributed by atoms with Crippen molar-refractivity contribution in [3.63, 3.8) is 0 Å². The van der Waals surface area contributed by atoms with Gasteiger partial charge in [0.2, 0.25) is 0 Å². The zero-order chi connectivity index (χ0) is 20.6. The quantitative estimate of drug-likeness (QED) is 0.195. The molecular weight excluding hydrogens is 434 g/mol. The predicted molar refractivity (Wildman–Crippen MR) is 125 cm³/mol. The van der Waals surface area contributed by atoms with Crippen molar-refractivity contribution in [2.24, 2.45) is 0 Å². The first kappa shape index (κ1) is 21.0. The summed E-state index contributed by atoms with van der Waals surface area (Å²) >= 11 is 5.11. The first-order valence-corrected chi connectivity index (χ1v) is 12.4. The van der Waals surface area contributed by atoms with E-state index in [0.717, 1.165) is 55.6 Å². The molecule has 30 heavy (non-hydrogen) atoms. The van der Waals surface area contributed by atoms with Crippen molar-refractivity contribution in [3.8, 4) is 5.75 Å². The number of ether oxygens (including phenoxy) is 1. The number of imidazole rings is 1. The fourth-order valence-corrected chi connectivity index (χ4v) is 5.55. The Bertz CT molecular complexity index is 1060. The lowest BCUT2D eigenvalue weighted by atomic mass is 10.3. The lowest BCUT2D eigenvalue weighted by molar-refractivity contribution is 0.398. The minimum absolute atomic E-state index is 0.693. The maximum absolute atomic E-state index is 5.70. The molecule has 0 bridgehead atoms. The number of thioether (sulfide) groups is 3. The largest absolute Gasteiger partial charge is 0.494 e. The van der Waals surface area contributed by atoms with Crippen LogP contribution in [-0.2, 0) is 5.75 Å². The number of benzene rings is 1. The fraction of sp³-hybridized carbons (Fsp3) is 0.238. The van der Waals surface area contributed by atoms with E-state index in [-0.39, 0.29) is 0 Å². The number of fused-ring (bicyclic) bond motifs is 1. The first-order valence-electron chi connectivity index (χ1n) is 9.45. The van der Waals surface area contributed by atoms with Crippen LogP contribution < -0.4 is 4.74 Å². The maximum atomic E-state index is 5.70. The Labute approximate surface area is 188 Å². The molecule has 0 saturated carbocycles. The number of pyridine rings is 1. The number of aromatic nitrogens is 5. The van der Waals surface area contributed by atoms with Gasteiger partial charge in [-0.25, -0.2) is 15.0 Å². The van der Waals surface area contributed by atoms with Gasteiger partial charge in [0.1, 0.15) is 0 Å². The average Bonchev–Trinajstić information content (AvgIpc) is 3.21. The SMILES string of the molecule is COc1c(SCCCSc2ncccn2)ccnc1CSc1nc2ccccc2[nH]1. The van der Waals surface area contributed by atoms with Crippen LogP contribution in [0.2, 0.25) is 0 Å². The van der Waals surface area contributed by atoms with Gasteiger partial charge >= 0.3 is 0 Å². The number of aromatic amines is 1. The van der Waals surface area contributed by atoms with Crippen molar-refractivity contribution in [1.29, 1.82) is 0 Å². The Morgan fingerprint density at radius 3 is 2.57 bits per heavy atom. The van der Waals surface area contributed by atoms with Crippen molar-refractivity contribution >= 4 is 46.3 Å². The summed E-state index contributed by atoms with van der Waals surface area (Å²) in [5, 5.41) is 1.71. The second kappa shape index (κ2) is 10.7. The van der Waals surface area contributed by atoms with Gasteiger partial charge in [-0.2, -0.15) is 0 Å². The summed E-state index contributed by atoms with van der Waals surface area (Å²) in [7, 11) is 1.71. The van der Waals surface area contributed by atoms with Gasteiger partial charge in [-0.3, -0.25) is 4.98 Å². The maximum Gasteiger partial charge on any atom is 0.187 e. The summed E-state index contributed by atoms with van der Waals surface area (Å²) in [6.07, 6.45) is 6.46. The number of nitrogens with zero attached hydrogens (tertiary/aromatic N) is 4. The Morgan fingerprint density at radius 2 is 1.73 bits per heavy atom. The average molecular weight is 456 g/mol. The third kappa shape index (κ3) is 5.47. The highest BCUT2D eigenvalue weighted by Crippen LogP contribution is 2.35. The standard InChI is InChI=1S/C21H21N5OS3/c1-27-19-17(14-30-21-25-15-6-2-3-7-16(15)26-21)22-11-8-18(19)28-12-5-13-29-20-23-9-4-10-24-20/h2-4,6-11H,5,12-14H2,1H3,(H,25,26). The smallest absolute Gasteiger partial charge is 0.187 e. The van der Waals surface area contributed by atoms with Crippen molar-refractivity contribution in [2.75, 3.05) is 18.6 Å². The van der Waals surface area contributed by atoms with E-state index in [1.165, 1.54) is 0 Å². The number of nitrogens with one attached hydrogen (secondary N) is 1. The van der Waals surface area contributed by atoms with Crippen molar-refractivity contribution < 1.29 is 4.74 Å². The van der Waals surface area contributed by atoms with Gasteiger partial charge in [0, 0.05) is 30.1 Å². The van der Waals surface area contributed by atoms with E-state index in [1.807, 2.05) is 42.6 Å². The van der Waals surface area contributed by atoms with E-state index >= 15 is 0 Å². The molecule has 3 aromatic heterocycles. The lowest BCUT2D eigenvalue weighted by Gasteiger charge is -2.11. The van der Waals surface area contributed by atoms with Gasteiger partial charge in [-0.1, -0.05) is 35.7 Å². The van der Waals surface area contributed by atoms with Crippen LogP contribution in [0, 0.1) is 0 Å². The van der Waals surface area contributed by atoms with Crippen molar-refractivity contribution in [2.45, 2.75) is 27.4 Å². The molecule has 0 atom stereocenters. The molecular formula is C21H21N5OS3. The molecule has 3 heterocycles. The summed E-state index contributed by atoms with van der Waals surface area (Å²) in [6, 6.07) is 11.9.